The van der Waals surface area contributed by atoms with E-state index in [2.05, 4.69) is 5.32 Å². The van der Waals surface area contributed by atoms with E-state index in [0.717, 1.165) is 43.2 Å². The van der Waals surface area contributed by atoms with Gasteiger partial charge in [-0.2, -0.15) is 0 Å². The maximum Gasteiger partial charge on any atom is 0.248 e. The first-order valence-corrected chi connectivity index (χ1v) is 14.7. The minimum Gasteiger partial charge on any atom is -0.351 e. The molecule has 1 heterocycles. The number of aryl methyl sites for hydroxylation is 1. The molecular weight excluding hydrogens is 507 g/mol. The Morgan fingerprint density at radius 1 is 0.975 bits per heavy atom. The highest BCUT2D eigenvalue weighted by Crippen LogP contribution is 2.31. The normalized spacial score (nSPS) is 17.5. The van der Waals surface area contributed by atoms with Crippen LogP contribution in [0.2, 0.25) is 0 Å². The van der Waals surface area contributed by atoms with E-state index < -0.39 is 11.9 Å². The zero-order valence-corrected chi connectivity index (χ0v) is 24.1. The van der Waals surface area contributed by atoms with E-state index in [1.54, 1.807) is 12.1 Å². The Balaban J connectivity index is 1.61. The molecule has 2 aromatic carbocycles. The first-order valence-electron chi connectivity index (χ1n) is 14.7. The Hall–Kier alpha value is -3.26. The number of carbonyl (C=O) groups excluding carboxylic acids is 3. The van der Waals surface area contributed by atoms with E-state index in [0.29, 0.717) is 44.2 Å². The monoisotopic (exact) mass is 550 g/mol. The molecule has 4 rings (SSSR count). The highest BCUT2D eigenvalue weighted by molar-refractivity contribution is 6.02. The van der Waals surface area contributed by atoms with E-state index in [-0.39, 0.29) is 30.3 Å². The summed E-state index contributed by atoms with van der Waals surface area (Å²) in [7, 11) is 0. The Morgan fingerprint density at radius 2 is 1.68 bits per heavy atom. The molecule has 2 aliphatic rings. The molecule has 0 spiro atoms. The van der Waals surface area contributed by atoms with Gasteiger partial charge in [-0.25, -0.2) is 4.39 Å². The molecule has 1 unspecified atom stereocenters. The van der Waals surface area contributed by atoms with Gasteiger partial charge >= 0.3 is 0 Å². The van der Waals surface area contributed by atoms with Gasteiger partial charge in [-0.05, 0) is 55.0 Å². The van der Waals surface area contributed by atoms with Gasteiger partial charge in [-0.3, -0.25) is 24.2 Å². The van der Waals surface area contributed by atoms with Crippen LogP contribution in [0.25, 0.3) is 0 Å². The van der Waals surface area contributed by atoms with Crippen molar-refractivity contribution in [3.63, 3.8) is 0 Å². The van der Waals surface area contributed by atoms with Crippen molar-refractivity contribution in [1.29, 1.82) is 0 Å². The molecule has 40 heavy (non-hydrogen) atoms. The van der Waals surface area contributed by atoms with Gasteiger partial charge in [-0.15, -0.1) is 0 Å². The third kappa shape index (κ3) is 7.68. The average molecular weight is 551 g/mol. The molecular formula is C32H43FN4O3. The van der Waals surface area contributed by atoms with Crippen LogP contribution in [-0.4, -0.2) is 66.3 Å². The average Bonchev–Trinajstić information content (AvgIpc) is 2.92. The molecule has 1 atom stereocenters. The predicted octanol–water partition coefficient (Wildman–Crippen LogP) is 4.85. The van der Waals surface area contributed by atoms with E-state index in [9.17, 15) is 18.8 Å². The van der Waals surface area contributed by atoms with Crippen LogP contribution >= 0.6 is 0 Å². The molecule has 1 saturated heterocycles. The molecule has 7 nitrogen and oxygen atoms in total. The van der Waals surface area contributed by atoms with Gasteiger partial charge in [0.2, 0.25) is 17.7 Å². The summed E-state index contributed by atoms with van der Waals surface area (Å²) in [5.41, 5.74) is 1.96. The number of piperazine rings is 1. The third-order valence-corrected chi connectivity index (χ3v) is 7.96. The largest absolute Gasteiger partial charge is 0.351 e. The highest BCUT2D eigenvalue weighted by Gasteiger charge is 2.36. The van der Waals surface area contributed by atoms with E-state index in [4.69, 9.17) is 0 Å². The first-order chi connectivity index (χ1) is 19.2. The fraction of sp³-hybridized carbons (Fsp3) is 0.531. The van der Waals surface area contributed by atoms with Crippen LogP contribution in [0.1, 0.15) is 69.5 Å². The smallest absolute Gasteiger partial charge is 0.248 e. The maximum absolute atomic E-state index is 14.5. The zero-order chi connectivity index (χ0) is 28.6. The first kappa shape index (κ1) is 29.7. The van der Waals surface area contributed by atoms with Gasteiger partial charge in [0.15, 0.2) is 0 Å². The van der Waals surface area contributed by atoms with Crippen LogP contribution < -0.4 is 10.2 Å². The van der Waals surface area contributed by atoms with E-state index in [1.807, 2.05) is 54.8 Å². The number of benzene rings is 2. The van der Waals surface area contributed by atoms with E-state index >= 15 is 0 Å². The van der Waals surface area contributed by atoms with Gasteiger partial charge < -0.3 is 10.2 Å². The summed E-state index contributed by atoms with van der Waals surface area (Å²) in [5, 5.41) is 3.22. The van der Waals surface area contributed by atoms with Crippen molar-refractivity contribution in [1.82, 2.24) is 15.1 Å². The van der Waals surface area contributed by atoms with Crippen molar-refractivity contribution in [3.8, 4) is 0 Å². The topological polar surface area (TPSA) is 73.0 Å². The molecule has 0 radical (unpaired) electrons. The number of carbonyl (C=O) groups is 3. The van der Waals surface area contributed by atoms with E-state index in [1.165, 1.54) is 17.0 Å². The van der Waals surface area contributed by atoms with Crippen molar-refractivity contribution in [2.24, 2.45) is 5.92 Å². The number of halogens is 1. The minimum absolute atomic E-state index is 0.0636. The summed E-state index contributed by atoms with van der Waals surface area (Å²) in [6, 6.07) is 12.6. The minimum atomic E-state index is -0.939. The number of hydrogen-bond donors (Lipinski definition) is 1. The van der Waals surface area contributed by atoms with Gasteiger partial charge in [0.05, 0.1) is 6.54 Å². The Kier molecular flexibility index (Phi) is 10.3. The molecule has 1 aliphatic carbocycles. The second kappa shape index (κ2) is 13.9. The summed E-state index contributed by atoms with van der Waals surface area (Å²) in [5.74, 6) is -0.558. The molecule has 8 heteroatoms. The SMILES string of the molecule is Cc1ccccc1C(C(=O)NC1CCCCC1)N(C(=O)CN1CCN(C(=O)CC(C)C)CC1)c1cccc(F)c1. The molecule has 1 saturated carbocycles. The number of anilines is 1. The quantitative estimate of drug-likeness (QED) is 0.485. The Morgan fingerprint density at radius 3 is 2.33 bits per heavy atom. The summed E-state index contributed by atoms with van der Waals surface area (Å²) in [6.07, 6.45) is 5.65. The van der Waals surface area contributed by atoms with Crippen LogP contribution in [0, 0.1) is 18.7 Å². The lowest BCUT2D eigenvalue weighted by Crippen LogP contribution is -2.53. The van der Waals surface area contributed by atoms with Gasteiger partial charge in [0, 0.05) is 44.3 Å². The fourth-order valence-corrected chi connectivity index (χ4v) is 5.78. The zero-order valence-electron chi connectivity index (χ0n) is 24.1. The lowest BCUT2D eigenvalue weighted by atomic mass is 9.93. The highest BCUT2D eigenvalue weighted by atomic mass is 19.1. The van der Waals surface area contributed by atoms with Crippen LogP contribution in [0.5, 0.6) is 0 Å². The number of amides is 3. The summed E-state index contributed by atoms with van der Waals surface area (Å²) >= 11 is 0. The predicted molar refractivity (Wildman–Crippen MR) is 155 cm³/mol. The van der Waals surface area contributed by atoms with Crippen LogP contribution in [0.15, 0.2) is 48.5 Å². The maximum atomic E-state index is 14.5. The second-order valence-corrected chi connectivity index (χ2v) is 11.6. The summed E-state index contributed by atoms with van der Waals surface area (Å²) in [6.45, 7) is 8.31. The van der Waals surface area contributed by atoms with Crippen molar-refractivity contribution in [2.45, 2.75) is 71.4 Å². The number of nitrogens with zero attached hydrogens (tertiary/aromatic N) is 3. The fourth-order valence-electron chi connectivity index (χ4n) is 5.78. The molecule has 2 fully saturated rings. The Bertz CT molecular complexity index is 1170. The molecule has 0 bridgehead atoms. The number of rotatable bonds is 9. The molecule has 2 aromatic rings. The van der Waals surface area contributed by atoms with Crippen molar-refractivity contribution in [3.05, 3.63) is 65.5 Å². The number of nitrogens with one attached hydrogen (secondary N) is 1. The van der Waals surface area contributed by atoms with Crippen LogP contribution in [-0.2, 0) is 14.4 Å². The van der Waals surface area contributed by atoms with Gasteiger partial charge in [0.1, 0.15) is 11.9 Å². The lowest BCUT2D eigenvalue weighted by Gasteiger charge is -2.38. The lowest BCUT2D eigenvalue weighted by molar-refractivity contribution is -0.134. The third-order valence-electron chi connectivity index (χ3n) is 7.96. The summed E-state index contributed by atoms with van der Waals surface area (Å²) < 4.78 is 14.5. The second-order valence-electron chi connectivity index (χ2n) is 11.6. The van der Waals surface area contributed by atoms with Crippen molar-refractivity contribution < 1.29 is 18.8 Å². The Labute approximate surface area is 237 Å². The van der Waals surface area contributed by atoms with Gasteiger partial charge in [-0.1, -0.05) is 63.4 Å². The van der Waals surface area contributed by atoms with Gasteiger partial charge in [0.25, 0.3) is 0 Å². The number of hydrogen-bond acceptors (Lipinski definition) is 4. The molecule has 0 aromatic heterocycles. The molecule has 3 amide bonds. The molecule has 1 N–H and O–H groups in total. The standard InChI is InChI=1S/C32H43FN4O3/c1-23(2)20-29(38)36-18-16-35(17-19-36)22-30(39)37(27-14-9-11-25(33)21-27)31(28-15-8-7-10-24(28)3)32(40)34-26-12-5-4-6-13-26/h7-11,14-15,21,23,26,31H,4-6,12-13,16-20,22H2,1-3H3,(H,34,40). The molecule has 216 valence electrons. The van der Waals surface area contributed by atoms with Crippen LogP contribution in [0.3, 0.4) is 0 Å². The summed E-state index contributed by atoms with van der Waals surface area (Å²) in [4.78, 5) is 46.0. The molecule has 1 aliphatic heterocycles. The van der Waals surface area contributed by atoms with Crippen molar-refractivity contribution in [2.75, 3.05) is 37.6 Å². The van der Waals surface area contributed by atoms with Crippen LogP contribution in [0.4, 0.5) is 10.1 Å². The van der Waals surface area contributed by atoms with Crippen molar-refractivity contribution >= 4 is 23.4 Å².